The van der Waals surface area contributed by atoms with Crippen LogP contribution in [0.3, 0.4) is 0 Å². The summed E-state index contributed by atoms with van der Waals surface area (Å²) in [5.74, 6) is 5.89. The van der Waals surface area contributed by atoms with Crippen LogP contribution in [-0.2, 0) is 4.79 Å². The lowest BCUT2D eigenvalue weighted by Gasteiger charge is -2.31. The van der Waals surface area contributed by atoms with E-state index in [1.54, 1.807) is 0 Å². The van der Waals surface area contributed by atoms with Gasteiger partial charge in [-0.05, 0) is 81.9 Å². The number of hydrogen-bond donors (Lipinski definition) is 1. The number of terminal acetylenes is 1. The third-order valence-corrected chi connectivity index (χ3v) is 7.82. The molecule has 4 rings (SSSR count). The van der Waals surface area contributed by atoms with E-state index in [1.165, 1.54) is 18.4 Å². The van der Waals surface area contributed by atoms with Crippen LogP contribution in [0.25, 0.3) is 5.70 Å². The number of nitrogens with one attached hydrogen (secondary N) is 1. The van der Waals surface area contributed by atoms with Crippen LogP contribution < -0.4 is 5.32 Å². The molecule has 4 heteroatoms. The lowest BCUT2D eigenvalue weighted by Crippen LogP contribution is -2.45. The number of rotatable bonds is 5. The average molecular weight is 444 g/mol. The molecule has 4 nitrogen and oxygen atoms in total. The van der Waals surface area contributed by atoms with E-state index in [0.717, 1.165) is 42.8 Å². The van der Waals surface area contributed by atoms with Crippen LogP contribution in [0, 0.1) is 41.9 Å². The summed E-state index contributed by atoms with van der Waals surface area (Å²) in [6.45, 7) is 6.42. The number of hydrogen-bond acceptors (Lipinski definition) is 3. The highest BCUT2D eigenvalue weighted by atomic mass is 16.1. The van der Waals surface area contributed by atoms with Crippen molar-refractivity contribution in [3.8, 4) is 12.3 Å². The SMILES string of the molecule is C#CC1CC(N=CC)CCC(/C(C)=C(/N=C2NC(=O)C[C@H](C3CC3)[C@@H]2C)c2ccccc2)C1. The Morgan fingerprint density at radius 3 is 2.58 bits per heavy atom. The van der Waals surface area contributed by atoms with E-state index in [1.807, 2.05) is 19.2 Å². The van der Waals surface area contributed by atoms with Crippen molar-refractivity contribution < 1.29 is 4.79 Å². The fourth-order valence-electron chi connectivity index (χ4n) is 5.69. The highest BCUT2D eigenvalue weighted by molar-refractivity contribution is 6.04. The maximum absolute atomic E-state index is 12.5. The highest BCUT2D eigenvalue weighted by Crippen LogP contribution is 2.44. The van der Waals surface area contributed by atoms with Gasteiger partial charge in [0.15, 0.2) is 0 Å². The van der Waals surface area contributed by atoms with Crippen LogP contribution in [0.15, 0.2) is 45.9 Å². The zero-order valence-corrected chi connectivity index (χ0v) is 20.3. The maximum atomic E-state index is 12.5. The molecule has 0 bridgehead atoms. The molecular formula is C29H37N3O. The Hall–Kier alpha value is -2.67. The quantitative estimate of drug-likeness (QED) is 0.344. The van der Waals surface area contributed by atoms with Crippen molar-refractivity contribution in [3.05, 3.63) is 41.5 Å². The van der Waals surface area contributed by atoms with Crippen LogP contribution in [0.1, 0.15) is 71.3 Å². The first kappa shape index (κ1) is 23.5. The number of aliphatic imine (C=N–C) groups is 2. The van der Waals surface area contributed by atoms with Crippen LogP contribution in [0.5, 0.6) is 0 Å². The number of amides is 1. The number of piperidine rings is 1. The van der Waals surface area contributed by atoms with Crippen molar-refractivity contribution >= 4 is 23.7 Å². The summed E-state index contributed by atoms with van der Waals surface area (Å²) < 4.78 is 0. The predicted molar refractivity (Wildman–Crippen MR) is 137 cm³/mol. The number of carbonyl (C=O) groups is 1. The molecule has 174 valence electrons. The molecule has 33 heavy (non-hydrogen) atoms. The summed E-state index contributed by atoms with van der Waals surface area (Å²) in [6, 6.07) is 10.7. The smallest absolute Gasteiger partial charge is 0.225 e. The number of carbonyl (C=O) groups excluding carboxylic acids is 1. The summed E-state index contributed by atoms with van der Waals surface area (Å²) in [7, 11) is 0. The van der Waals surface area contributed by atoms with Crippen LogP contribution in [0.2, 0.25) is 0 Å². The molecule has 0 radical (unpaired) electrons. The number of allylic oxidation sites excluding steroid dienone is 1. The Bertz CT molecular complexity index is 980. The largest absolute Gasteiger partial charge is 0.314 e. The Kier molecular flexibility index (Phi) is 7.48. The molecule has 1 aromatic rings. The van der Waals surface area contributed by atoms with Crippen molar-refractivity contribution in [1.29, 1.82) is 0 Å². The maximum Gasteiger partial charge on any atom is 0.225 e. The Labute approximate surface area is 199 Å². The summed E-state index contributed by atoms with van der Waals surface area (Å²) in [5, 5.41) is 3.12. The molecular weight excluding hydrogens is 406 g/mol. The van der Waals surface area contributed by atoms with Gasteiger partial charge in [0, 0.05) is 23.8 Å². The Morgan fingerprint density at radius 1 is 1.15 bits per heavy atom. The fourth-order valence-corrected chi connectivity index (χ4v) is 5.69. The third kappa shape index (κ3) is 5.64. The molecule has 3 aliphatic rings. The van der Waals surface area contributed by atoms with Gasteiger partial charge in [0.2, 0.25) is 5.91 Å². The van der Waals surface area contributed by atoms with Gasteiger partial charge in [0.25, 0.3) is 0 Å². The number of amidine groups is 1. The highest BCUT2D eigenvalue weighted by Gasteiger charge is 2.41. The topological polar surface area (TPSA) is 53.8 Å². The lowest BCUT2D eigenvalue weighted by molar-refractivity contribution is -0.122. The summed E-state index contributed by atoms with van der Waals surface area (Å²) in [4.78, 5) is 22.4. The number of benzene rings is 1. The zero-order valence-electron chi connectivity index (χ0n) is 20.3. The molecule has 3 unspecified atom stereocenters. The predicted octanol–water partition coefficient (Wildman–Crippen LogP) is 5.90. The van der Waals surface area contributed by atoms with Crippen molar-refractivity contribution in [2.45, 2.75) is 71.8 Å². The van der Waals surface area contributed by atoms with Gasteiger partial charge in [-0.25, -0.2) is 4.99 Å². The summed E-state index contributed by atoms with van der Waals surface area (Å²) in [6.07, 6.45) is 15.0. The minimum Gasteiger partial charge on any atom is -0.314 e. The molecule has 2 aliphatic carbocycles. The normalized spacial score (nSPS) is 32.7. The van der Waals surface area contributed by atoms with Gasteiger partial charge < -0.3 is 5.32 Å². The first-order valence-electron chi connectivity index (χ1n) is 12.6. The molecule has 1 heterocycles. The molecule has 2 saturated carbocycles. The first-order valence-corrected chi connectivity index (χ1v) is 12.6. The van der Waals surface area contributed by atoms with Crippen molar-refractivity contribution in [1.82, 2.24) is 5.32 Å². The van der Waals surface area contributed by atoms with Gasteiger partial charge in [-0.3, -0.25) is 9.79 Å². The molecule has 0 spiro atoms. The lowest BCUT2D eigenvalue weighted by atomic mass is 9.82. The molecule has 1 saturated heterocycles. The summed E-state index contributed by atoms with van der Waals surface area (Å²) >= 11 is 0. The van der Waals surface area contributed by atoms with Gasteiger partial charge >= 0.3 is 0 Å². The van der Waals surface area contributed by atoms with Gasteiger partial charge in [-0.1, -0.05) is 37.3 Å². The van der Waals surface area contributed by atoms with E-state index in [2.05, 4.69) is 54.3 Å². The monoisotopic (exact) mass is 443 g/mol. The molecule has 1 amide bonds. The summed E-state index contributed by atoms with van der Waals surface area (Å²) in [5.41, 5.74) is 3.36. The van der Waals surface area contributed by atoms with E-state index in [-0.39, 0.29) is 17.7 Å². The van der Waals surface area contributed by atoms with Crippen LogP contribution >= 0.6 is 0 Å². The number of nitrogens with zero attached hydrogens (tertiary/aromatic N) is 2. The molecule has 5 atom stereocenters. The van der Waals surface area contributed by atoms with Crippen LogP contribution in [-0.4, -0.2) is 24.0 Å². The van der Waals surface area contributed by atoms with Gasteiger partial charge in [-0.2, -0.15) is 0 Å². The first-order chi connectivity index (χ1) is 16.0. The Morgan fingerprint density at radius 2 is 1.91 bits per heavy atom. The Balaban J connectivity index is 1.71. The molecule has 3 fully saturated rings. The van der Waals surface area contributed by atoms with Crippen molar-refractivity contribution in [2.24, 2.45) is 39.6 Å². The second-order valence-corrected chi connectivity index (χ2v) is 10.1. The van der Waals surface area contributed by atoms with Gasteiger partial charge in [0.1, 0.15) is 5.84 Å². The van der Waals surface area contributed by atoms with E-state index in [0.29, 0.717) is 30.2 Å². The second-order valence-electron chi connectivity index (χ2n) is 10.1. The molecule has 0 aromatic heterocycles. The van der Waals surface area contributed by atoms with E-state index < -0.39 is 0 Å². The molecule has 1 aromatic carbocycles. The van der Waals surface area contributed by atoms with E-state index in [9.17, 15) is 4.79 Å². The fraction of sp³-hybridized carbons (Fsp3) is 0.552. The van der Waals surface area contributed by atoms with Gasteiger partial charge in [-0.15, -0.1) is 12.3 Å². The van der Waals surface area contributed by atoms with Gasteiger partial charge in [0.05, 0.1) is 11.7 Å². The minimum absolute atomic E-state index is 0.107. The average Bonchev–Trinajstić information content (AvgIpc) is 3.67. The van der Waals surface area contributed by atoms with E-state index in [4.69, 9.17) is 11.4 Å². The van der Waals surface area contributed by atoms with E-state index >= 15 is 0 Å². The third-order valence-electron chi connectivity index (χ3n) is 7.82. The zero-order chi connectivity index (χ0) is 23.4. The second kappa shape index (κ2) is 10.5. The van der Waals surface area contributed by atoms with Crippen LogP contribution in [0.4, 0.5) is 0 Å². The van der Waals surface area contributed by atoms with Crippen molar-refractivity contribution in [2.75, 3.05) is 0 Å². The molecule has 1 N–H and O–H groups in total. The van der Waals surface area contributed by atoms with Crippen molar-refractivity contribution in [3.63, 3.8) is 0 Å². The minimum atomic E-state index is 0.107. The molecule has 1 aliphatic heterocycles. The standard InChI is InChI=1S/C29H37N3O/c1-5-21-16-24(14-15-25(17-21)30-6-2)19(3)28(23-10-8-7-9-11-23)32-29-20(4)26(22-12-13-22)18-27(33)31-29/h1,6-11,20-22,24-26H,12-18H2,2-4H3,(H,31,32,33)/b28-19+,30-6?/t20-,21?,24?,25?,26-/m0/s1.